The van der Waals surface area contributed by atoms with Crippen molar-refractivity contribution >= 4 is 35.6 Å². The Morgan fingerprint density at radius 2 is 1.68 bits per heavy atom. The maximum absolute atomic E-state index is 10.6. The molecule has 1 N–H and O–H groups in total. The van der Waals surface area contributed by atoms with E-state index in [1.54, 1.807) is 12.1 Å². The molecular weight excluding hydrogens is 377 g/mol. The second-order valence-corrected chi connectivity index (χ2v) is 7.35. The highest BCUT2D eigenvalue weighted by Crippen LogP contribution is 2.33. The summed E-state index contributed by atoms with van der Waals surface area (Å²) in [5.41, 5.74) is 2.25. The number of hydrogen-bond acceptors (Lipinski definition) is 2. The molecule has 25 heavy (non-hydrogen) atoms. The van der Waals surface area contributed by atoms with E-state index < -0.39 is 6.10 Å². The van der Waals surface area contributed by atoms with Crippen LogP contribution in [-0.4, -0.2) is 29.6 Å². The molecule has 2 aromatic rings. The van der Waals surface area contributed by atoms with Crippen molar-refractivity contribution < 1.29 is 5.11 Å². The minimum Gasteiger partial charge on any atom is -0.388 e. The van der Waals surface area contributed by atoms with Gasteiger partial charge in [-0.05, 0) is 61.5 Å². The molecule has 1 fully saturated rings. The van der Waals surface area contributed by atoms with Gasteiger partial charge in [-0.1, -0.05) is 59.6 Å². The van der Waals surface area contributed by atoms with E-state index >= 15 is 0 Å². The first-order valence-corrected chi connectivity index (χ1v) is 9.28. The van der Waals surface area contributed by atoms with Crippen molar-refractivity contribution in [3.05, 3.63) is 69.7 Å². The molecule has 0 radical (unpaired) electrons. The van der Waals surface area contributed by atoms with Crippen LogP contribution < -0.4 is 0 Å². The molecule has 1 saturated heterocycles. The van der Waals surface area contributed by atoms with Gasteiger partial charge < -0.3 is 10.0 Å². The third-order valence-corrected chi connectivity index (χ3v) is 5.66. The van der Waals surface area contributed by atoms with Crippen LogP contribution in [0.4, 0.5) is 0 Å². The van der Waals surface area contributed by atoms with Gasteiger partial charge in [0.05, 0.1) is 16.1 Å². The zero-order valence-electron chi connectivity index (χ0n) is 14.1. The van der Waals surface area contributed by atoms with Gasteiger partial charge in [-0.15, -0.1) is 12.4 Å². The van der Waals surface area contributed by atoms with Gasteiger partial charge in [0.2, 0.25) is 0 Å². The number of halogens is 3. The van der Waals surface area contributed by atoms with E-state index in [0.29, 0.717) is 10.0 Å². The largest absolute Gasteiger partial charge is 0.388 e. The summed E-state index contributed by atoms with van der Waals surface area (Å²) >= 11 is 12.0. The number of aliphatic hydroxyl groups is 1. The van der Waals surface area contributed by atoms with Crippen molar-refractivity contribution in [2.45, 2.75) is 25.4 Å². The summed E-state index contributed by atoms with van der Waals surface area (Å²) in [4.78, 5) is 2.49. The van der Waals surface area contributed by atoms with Gasteiger partial charge in [-0.3, -0.25) is 0 Å². The average Bonchev–Trinajstić information content (AvgIpc) is 2.63. The SMILES string of the molecule is Cl.OC(c1ccc(Cl)c(Cl)c1)C1CCN(CCc2ccccc2)CC1. The fourth-order valence-electron chi connectivity index (χ4n) is 3.39. The molecule has 0 aromatic heterocycles. The van der Waals surface area contributed by atoms with Gasteiger partial charge in [0, 0.05) is 6.54 Å². The maximum Gasteiger partial charge on any atom is 0.0819 e. The Bertz CT molecular complexity index is 657. The van der Waals surface area contributed by atoms with Crippen LogP contribution in [0, 0.1) is 5.92 Å². The van der Waals surface area contributed by atoms with Crippen LogP contribution in [-0.2, 0) is 6.42 Å². The quantitative estimate of drug-likeness (QED) is 0.726. The van der Waals surface area contributed by atoms with Crippen molar-refractivity contribution in [1.29, 1.82) is 0 Å². The standard InChI is InChI=1S/C20H23Cl2NO.ClH/c21-18-7-6-17(14-19(18)22)20(24)16-9-12-23(13-10-16)11-8-15-4-2-1-3-5-15;/h1-7,14,16,20,24H,8-13H2;1H. The Morgan fingerprint density at radius 1 is 1.00 bits per heavy atom. The minimum atomic E-state index is -0.462. The molecule has 1 atom stereocenters. The summed E-state index contributed by atoms with van der Waals surface area (Å²) in [7, 11) is 0. The number of piperidine rings is 1. The maximum atomic E-state index is 10.6. The number of likely N-dealkylation sites (tertiary alicyclic amines) is 1. The van der Waals surface area contributed by atoms with Gasteiger partial charge >= 0.3 is 0 Å². The minimum absolute atomic E-state index is 0. The molecule has 0 aliphatic carbocycles. The second kappa shape index (κ2) is 9.80. The molecule has 0 saturated carbocycles. The van der Waals surface area contributed by atoms with Gasteiger partial charge in [-0.2, -0.15) is 0 Å². The van der Waals surface area contributed by atoms with Crippen LogP contribution in [0.3, 0.4) is 0 Å². The predicted molar refractivity (Wildman–Crippen MR) is 108 cm³/mol. The van der Waals surface area contributed by atoms with E-state index in [2.05, 4.69) is 35.2 Å². The second-order valence-electron chi connectivity index (χ2n) is 6.53. The highest BCUT2D eigenvalue weighted by atomic mass is 35.5. The van der Waals surface area contributed by atoms with Crippen molar-refractivity contribution in [2.75, 3.05) is 19.6 Å². The molecule has 3 rings (SSSR count). The Labute approximate surface area is 166 Å². The molecular formula is C20H24Cl3NO. The molecule has 1 aliphatic heterocycles. The van der Waals surface area contributed by atoms with E-state index in [-0.39, 0.29) is 18.3 Å². The van der Waals surface area contributed by atoms with E-state index in [1.165, 1.54) is 5.56 Å². The third kappa shape index (κ3) is 5.60. The summed E-state index contributed by atoms with van der Waals surface area (Å²) < 4.78 is 0. The Balaban J connectivity index is 0.00000225. The number of nitrogens with zero attached hydrogens (tertiary/aromatic N) is 1. The first-order chi connectivity index (χ1) is 11.6. The number of aliphatic hydroxyl groups excluding tert-OH is 1. The average molecular weight is 401 g/mol. The van der Waals surface area contributed by atoms with Crippen molar-refractivity contribution in [3.8, 4) is 0 Å². The molecule has 2 nitrogen and oxygen atoms in total. The summed E-state index contributed by atoms with van der Waals surface area (Å²) in [6, 6.07) is 16.0. The number of benzene rings is 2. The van der Waals surface area contributed by atoms with E-state index in [9.17, 15) is 5.11 Å². The lowest BCUT2D eigenvalue weighted by Gasteiger charge is -2.34. The molecule has 1 heterocycles. The van der Waals surface area contributed by atoms with Gasteiger partial charge in [-0.25, -0.2) is 0 Å². The molecule has 2 aromatic carbocycles. The van der Waals surface area contributed by atoms with Crippen LogP contribution in [0.2, 0.25) is 10.0 Å². The van der Waals surface area contributed by atoms with Crippen LogP contribution in [0.5, 0.6) is 0 Å². The van der Waals surface area contributed by atoms with Gasteiger partial charge in [0.25, 0.3) is 0 Å². The molecule has 1 unspecified atom stereocenters. The first-order valence-electron chi connectivity index (χ1n) is 8.53. The van der Waals surface area contributed by atoms with Crippen molar-refractivity contribution in [2.24, 2.45) is 5.92 Å². The van der Waals surface area contributed by atoms with Gasteiger partial charge in [0.1, 0.15) is 0 Å². The number of hydrogen-bond donors (Lipinski definition) is 1. The highest BCUT2D eigenvalue weighted by Gasteiger charge is 2.26. The van der Waals surface area contributed by atoms with E-state index in [1.807, 2.05) is 6.07 Å². The molecule has 0 spiro atoms. The van der Waals surface area contributed by atoms with Crippen molar-refractivity contribution in [1.82, 2.24) is 4.90 Å². The first kappa shape index (κ1) is 20.5. The predicted octanol–water partition coefficient (Wildman–Crippen LogP) is 5.40. The molecule has 1 aliphatic rings. The normalized spacial score (nSPS) is 17.1. The zero-order valence-corrected chi connectivity index (χ0v) is 16.4. The highest BCUT2D eigenvalue weighted by molar-refractivity contribution is 6.42. The van der Waals surface area contributed by atoms with E-state index in [0.717, 1.165) is 44.5 Å². The fraction of sp³-hybridized carbons (Fsp3) is 0.400. The fourth-order valence-corrected chi connectivity index (χ4v) is 3.70. The molecule has 5 heteroatoms. The Morgan fingerprint density at radius 3 is 2.32 bits per heavy atom. The summed E-state index contributed by atoms with van der Waals surface area (Å²) in [6.45, 7) is 3.16. The molecule has 0 amide bonds. The topological polar surface area (TPSA) is 23.5 Å². The smallest absolute Gasteiger partial charge is 0.0819 e. The monoisotopic (exact) mass is 399 g/mol. The van der Waals surface area contributed by atoms with Crippen molar-refractivity contribution in [3.63, 3.8) is 0 Å². The lowest BCUT2D eigenvalue weighted by molar-refractivity contribution is 0.0592. The Hall–Kier alpha value is -0.770. The van der Waals surface area contributed by atoms with E-state index in [4.69, 9.17) is 23.2 Å². The number of rotatable bonds is 5. The zero-order chi connectivity index (χ0) is 16.9. The van der Waals surface area contributed by atoms with Crippen LogP contribution >= 0.6 is 35.6 Å². The third-order valence-electron chi connectivity index (χ3n) is 4.92. The summed E-state index contributed by atoms with van der Waals surface area (Å²) in [5.74, 6) is 0.287. The summed E-state index contributed by atoms with van der Waals surface area (Å²) in [6.07, 6.45) is 2.64. The lowest BCUT2D eigenvalue weighted by Crippen LogP contribution is -2.36. The molecule has 0 bridgehead atoms. The Kier molecular flexibility index (Phi) is 8.05. The van der Waals surface area contributed by atoms with Crippen LogP contribution in [0.15, 0.2) is 48.5 Å². The summed E-state index contributed by atoms with van der Waals surface area (Å²) in [5, 5.41) is 11.7. The van der Waals surface area contributed by atoms with Crippen LogP contribution in [0.1, 0.15) is 30.1 Å². The lowest BCUT2D eigenvalue weighted by atomic mass is 9.87. The van der Waals surface area contributed by atoms with Crippen LogP contribution in [0.25, 0.3) is 0 Å². The molecule has 136 valence electrons. The van der Waals surface area contributed by atoms with Gasteiger partial charge in [0.15, 0.2) is 0 Å².